The van der Waals surface area contributed by atoms with Crippen molar-refractivity contribution in [2.75, 3.05) is 52.9 Å². The molecule has 1 N–H and O–H groups in total. The molecule has 2 rings (SSSR count). The van der Waals surface area contributed by atoms with Crippen LogP contribution >= 0.6 is 0 Å². The number of hydrogen-bond acceptors (Lipinski definition) is 4. The third-order valence-corrected chi connectivity index (χ3v) is 3.75. The van der Waals surface area contributed by atoms with Gasteiger partial charge in [-0.15, -0.1) is 0 Å². The maximum atomic E-state index is 12.1. The number of likely N-dealkylation sites (N-methyl/N-ethyl adjacent to an activating group) is 1. The van der Waals surface area contributed by atoms with Crippen molar-refractivity contribution < 1.29 is 9.53 Å². The summed E-state index contributed by atoms with van der Waals surface area (Å²) < 4.78 is 5.48. The summed E-state index contributed by atoms with van der Waals surface area (Å²) in [5.41, 5.74) is 0. The summed E-state index contributed by atoms with van der Waals surface area (Å²) in [6.45, 7) is 6.53. The minimum Gasteiger partial charge on any atom is -0.366 e. The predicted molar refractivity (Wildman–Crippen MR) is 70.5 cm³/mol. The van der Waals surface area contributed by atoms with E-state index in [9.17, 15) is 4.79 Å². The van der Waals surface area contributed by atoms with Gasteiger partial charge in [-0.2, -0.15) is 0 Å². The van der Waals surface area contributed by atoms with Crippen LogP contribution in [0.2, 0.25) is 0 Å². The van der Waals surface area contributed by atoms with Crippen molar-refractivity contribution in [2.24, 2.45) is 0 Å². The largest absolute Gasteiger partial charge is 0.366 e. The van der Waals surface area contributed by atoms with Crippen LogP contribution in [0.5, 0.6) is 0 Å². The lowest BCUT2D eigenvalue weighted by Crippen LogP contribution is -2.48. The number of likely N-dealkylation sites (tertiary alicyclic amines) is 1. The average Bonchev–Trinajstić information content (AvgIpc) is 2.92. The van der Waals surface area contributed by atoms with Crippen LogP contribution in [0.4, 0.5) is 0 Å². The second-order valence-corrected chi connectivity index (χ2v) is 5.23. The fraction of sp³-hybridized carbons (Fsp3) is 0.923. The van der Waals surface area contributed by atoms with Crippen LogP contribution in [0.3, 0.4) is 0 Å². The maximum Gasteiger partial charge on any atom is 0.252 e. The topological polar surface area (TPSA) is 44.8 Å². The Hall–Kier alpha value is -0.650. The number of nitrogens with zero attached hydrogens (tertiary/aromatic N) is 2. The first kappa shape index (κ1) is 13.8. The first-order valence-electron chi connectivity index (χ1n) is 7.07. The van der Waals surface area contributed by atoms with Gasteiger partial charge in [0.15, 0.2) is 0 Å². The molecule has 0 radical (unpaired) electrons. The molecule has 0 bridgehead atoms. The van der Waals surface area contributed by atoms with Crippen LogP contribution in [0.1, 0.15) is 19.3 Å². The fourth-order valence-electron chi connectivity index (χ4n) is 2.62. The van der Waals surface area contributed by atoms with Gasteiger partial charge >= 0.3 is 0 Å². The van der Waals surface area contributed by atoms with Gasteiger partial charge in [0.2, 0.25) is 0 Å². The second-order valence-electron chi connectivity index (χ2n) is 5.23. The van der Waals surface area contributed by atoms with Gasteiger partial charge in [-0.05, 0) is 38.9 Å². The van der Waals surface area contributed by atoms with E-state index >= 15 is 0 Å². The Kier molecular flexibility index (Phi) is 5.41. The van der Waals surface area contributed by atoms with E-state index in [-0.39, 0.29) is 12.0 Å². The van der Waals surface area contributed by atoms with Gasteiger partial charge in [-0.25, -0.2) is 0 Å². The molecule has 0 aliphatic carbocycles. The predicted octanol–water partition coefficient (Wildman–Crippen LogP) is -0.0809. The van der Waals surface area contributed by atoms with E-state index in [0.29, 0.717) is 13.2 Å². The molecule has 2 heterocycles. The molecule has 0 aromatic rings. The van der Waals surface area contributed by atoms with Crippen molar-refractivity contribution in [1.82, 2.24) is 15.1 Å². The summed E-state index contributed by atoms with van der Waals surface area (Å²) in [5, 5.41) is 3.19. The molecule has 1 atom stereocenters. The number of carbonyl (C=O) groups excluding carboxylic acids is 1. The summed E-state index contributed by atoms with van der Waals surface area (Å²) in [6, 6.07) is 0. The molecule has 2 saturated heterocycles. The Bertz CT molecular complexity index is 261. The van der Waals surface area contributed by atoms with E-state index in [1.165, 1.54) is 25.9 Å². The van der Waals surface area contributed by atoms with Crippen LogP contribution in [0.15, 0.2) is 0 Å². The monoisotopic (exact) mass is 255 g/mol. The highest BCUT2D eigenvalue weighted by Crippen LogP contribution is 2.08. The normalized spacial score (nSPS) is 25.3. The molecule has 2 fully saturated rings. The molecule has 5 nitrogen and oxygen atoms in total. The van der Waals surface area contributed by atoms with Crippen molar-refractivity contribution in [3.63, 3.8) is 0 Å². The van der Waals surface area contributed by atoms with Crippen molar-refractivity contribution in [2.45, 2.75) is 25.4 Å². The zero-order valence-electron chi connectivity index (χ0n) is 11.4. The summed E-state index contributed by atoms with van der Waals surface area (Å²) in [6.07, 6.45) is 3.44. The molecule has 5 heteroatoms. The Labute approximate surface area is 109 Å². The highest BCUT2D eigenvalue weighted by Gasteiger charge is 2.24. The molecule has 0 aromatic carbocycles. The number of carbonyl (C=O) groups is 1. The van der Waals surface area contributed by atoms with Crippen LogP contribution in [0.25, 0.3) is 0 Å². The first-order chi connectivity index (χ1) is 8.77. The molecule has 2 aliphatic rings. The lowest BCUT2D eigenvalue weighted by atomic mass is 10.2. The lowest BCUT2D eigenvalue weighted by molar-refractivity contribution is -0.143. The molecule has 0 aromatic heterocycles. The van der Waals surface area contributed by atoms with Crippen LogP contribution in [-0.2, 0) is 9.53 Å². The standard InChI is InChI=1S/C13H25N3O2/c1-15(6-4-9-16-7-2-3-8-16)13(17)12-11-14-5-10-18-12/h12,14H,2-11H2,1H3. The van der Waals surface area contributed by atoms with Crippen LogP contribution in [0, 0.1) is 0 Å². The van der Waals surface area contributed by atoms with E-state index < -0.39 is 0 Å². The van der Waals surface area contributed by atoms with Gasteiger partial charge in [-0.3, -0.25) is 4.79 Å². The van der Waals surface area contributed by atoms with Gasteiger partial charge in [0.1, 0.15) is 6.10 Å². The van der Waals surface area contributed by atoms with Crippen molar-refractivity contribution >= 4 is 5.91 Å². The Balaban J connectivity index is 1.63. The maximum absolute atomic E-state index is 12.1. The van der Waals surface area contributed by atoms with E-state index in [2.05, 4.69) is 10.2 Å². The van der Waals surface area contributed by atoms with Gasteiger partial charge < -0.3 is 19.9 Å². The smallest absolute Gasteiger partial charge is 0.252 e. The summed E-state index contributed by atoms with van der Waals surface area (Å²) in [5.74, 6) is 0.114. The van der Waals surface area contributed by atoms with E-state index in [1.807, 2.05) is 11.9 Å². The summed E-state index contributed by atoms with van der Waals surface area (Å²) in [4.78, 5) is 16.4. The molecule has 0 saturated carbocycles. The number of amides is 1. The van der Waals surface area contributed by atoms with Gasteiger partial charge in [0.25, 0.3) is 5.91 Å². The van der Waals surface area contributed by atoms with Gasteiger partial charge in [-0.1, -0.05) is 0 Å². The molecular formula is C13H25N3O2. The Morgan fingerprint density at radius 3 is 2.89 bits per heavy atom. The highest BCUT2D eigenvalue weighted by atomic mass is 16.5. The number of hydrogen-bond donors (Lipinski definition) is 1. The number of morpholine rings is 1. The van der Waals surface area contributed by atoms with Gasteiger partial charge in [0, 0.05) is 26.7 Å². The molecule has 1 amide bonds. The van der Waals surface area contributed by atoms with Gasteiger partial charge in [0.05, 0.1) is 6.61 Å². The zero-order valence-corrected chi connectivity index (χ0v) is 11.4. The minimum absolute atomic E-state index is 0.114. The number of nitrogens with one attached hydrogen (secondary N) is 1. The molecule has 2 aliphatic heterocycles. The fourth-order valence-corrected chi connectivity index (χ4v) is 2.62. The zero-order chi connectivity index (χ0) is 12.8. The molecule has 1 unspecified atom stereocenters. The molecular weight excluding hydrogens is 230 g/mol. The van der Waals surface area contributed by atoms with Crippen molar-refractivity contribution in [1.29, 1.82) is 0 Å². The first-order valence-corrected chi connectivity index (χ1v) is 7.07. The lowest BCUT2D eigenvalue weighted by Gasteiger charge is -2.27. The Morgan fingerprint density at radius 1 is 1.44 bits per heavy atom. The van der Waals surface area contributed by atoms with E-state index in [0.717, 1.165) is 26.1 Å². The van der Waals surface area contributed by atoms with Crippen molar-refractivity contribution in [3.05, 3.63) is 0 Å². The summed E-state index contributed by atoms with van der Waals surface area (Å²) >= 11 is 0. The second kappa shape index (κ2) is 7.07. The molecule has 0 spiro atoms. The Morgan fingerprint density at radius 2 is 2.22 bits per heavy atom. The van der Waals surface area contributed by atoms with E-state index in [4.69, 9.17) is 4.74 Å². The quantitative estimate of drug-likeness (QED) is 0.746. The summed E-state index contributed by atoms with van der Waals surface area (Å²) in [7, 11) is 1.88. The van der Waals surface area contributed by atoms with Crippen LogP contribution in [-0.4, -0.2) is 74.7 Å². The molecule has 18 heavy (non-hydrogen) atoms. The SMILES string of the molecule is CN(CCCN1CCCC1)C(=O)C1CNCCO1. The van der Waals surface area contributed by atoms with Crippen molar-refractivity contribution in [3.8, 4) is 0 Å². The highest BCUT2D eigenvalue weighted by molar-refractivity contribution is 5.81. The minimum atomic E-state index is -0.282. The van der Waals surface area contributed by atoms with Crippen LogP contribution < -0.4 is 5.32 Å². The third-order valence-electron chi connectivity index (χ3n) is 3.75. The number of rotatable bonds is 5. The average molecular weight is 255 g/mol. The molecule has 104 valence electrons. The van der Waals surface area contributed by atoms with E-state index in [1.54, 1.807) is 0 Å². The third kappa shape index (κ3) is 3.93. The number of ether oxygens (including phenoxy) is 1.